The van der Waals surface area contributed by atoms with E-state index >= 15 is 0 Å². The minimum Gasteiger partial charge on any atom is -0.349 e. The molecule has 0 saturated carbocycles. The predicted octanol–water partition coefficient (Wildman–Crippen LogP) is 3.37. The van der Waals surface area contributed by atoms with Gasteiger partial charge >= 0.3 is 0 Å². The molecule has 2 rings (SSSR count). The minimum absolute atomic E-state index is 0.833. The summed E-state index contributed by atoms with van der Waals surface area (Å²) in [6.45, 7) is 11.5. The molecular weight excluding hydrogens is 246 g/mol. The molecule has 0 radical (unpaired) electrons. The smallest absolute Gasteiger partial charge is 0.0573 e. The summed E-state index contributed by atoms with van der Waals surface area (Å²) in [5.41, 5.74) is 6.60. The van der Waals surface area contributed by atoms with Crippen LogP contribution in [-0.4, -0.2) is 9.55 Å². The molecule has 0 unspecified atom stereocenters. The Hall–Kier alpha value is -1.61. The molecule has 0 aliphatic rings. The average molecular weight is 271 g/mol. The highest BCUT2D eigenvalue weighted by atomic mass is 15.0. The summed E-state index contributed by atoms with van der Waals surface area (Å²) in [6.07, 6.45) is 2.91. The zero-order chi connectivity index (χ0) is 14.5. The van der Waals surface area contributed by atoms with E-state index in [0.29, 0.717) is 0 Å². The van der Waals surface area contributed by atoms with Gasteiger partial charge in [-0.2, -0.15) is 0 Å². The zero-order valence-corrected chi connectivity index (χ0v) is 13.0. The molecule has 0 atom stereocenters. The molecule has 2 aromatic heterocycles. The van der Waals surface area contributed by atoms with E-state index in [-0.39, 0.29) is 0 Å². The van der Waals surface area contributed by atoms with E-state index in [1.165, 1.54) is 28.2 Å². The van der Waals surface area contributed by atoms with Crippen LogP contribution < -0.4 is 5.32 Å². The van der Waals surface area contributed by atoms with Gasteiger partial charge < -0.3 is 9.88 Å². The van der Waals surface area contributed by atoms with Crippen molar-refractivity contribution in [2.75, 3.05) is 0 Å². The normalized spacial score (nSPS) is 11.0. The molecule has 3 nitrogen and oxygen atoms in total. The summed E-state index contributed by atoms with van der Waals surface area (Å²) in [5.74, 6) is 0. The second-order valence-electron chi connectivity index (χ2n) is 5.21. The van der Waals surface area contributed by atoms with Crippen LogP contribution in [0.2, 0.25) is 0 Å². The predicted molar refractivity (Wildman–Crippen MR) is 83.7 cm³/mol. The second-order valence-corrected chi connectivity index (χ2v) is 5.21. The van der Waals surface area contributed by atoms with Crippen molar-refractivity contribution >= 4 is 0 Å². The van der Waals surface area contributed by atoms with Crippen molar-refractivity contribution in [3.05, 3.63) is 52.6 Å². The molecule has 0 amide bonds. The Balaban J connectivity index is 2.00. The van der Waals surface area contributed by atoms with Crippen LogP contribution in [0.3, 0.4) is 0 Å². The quantitative estimate of drug-likeness (QED) is 0.873. The monoisotopic (exact) mass is 271 g/mol. The van der Waals surface area contributed by atoms with Crippen molar-refractivity contribution in [3.63, 3.8) is 0 Å². The largest absolute Gasteiger partial charge is 0.349 e. The summed E-state index contributed by atoms with van der Waals surface area (Å²) in [7, 11) is 0. The van der Waals surface area contributed by atoms with Crippen LogP contribution in [0.1, 0.15) is 42.1 Å². The van der Waals surface area contributed by atoms with Gasteiger partial charge in [0.1, 0.15) is 0 Å². The van der Waals surface area contributed by atoms with Gasteiger partial charge in [0.2, 0.25) is 0 Å². The summed E-state index contributed by atoms with van der Waals surface area (Å²) >= 11 is 0. The van der Waals surface area contributed by atoms with Crippen LogP contribution >= 0.6 is 0 Å². The van der Waals surface area contributed by atoms with Gasteiger partial charge in [-0.05, 0) is 50.5 Å². The van der Waals surface area contributed by atoms with Crippen LogP contribution in [0, 0.1) is 13.8 Å². The third-order valence-electron chi connectivity index (χ3n) is 3.97. The van der Waals surface area contributed by atoms with E-state index in [2.05, 4.69) is 54.7 Å². The first-order valence-corrected chi connectivity index (χ1v) is 7.46. The van der Waals surface area contributed by atoms with Gasteiger partial charge in [-0.25, -0.2) is 0 Å². The third-order valence-corrected chi connectivity index (χ3v) is 3.97. The zero-order valence-electron chi connectivity index (χ0n) is 13.0. The van der Waals surface area contributed by atoms with Gasteiger partial charge in [0.25, 0.3) is 0 Å². The van der Waals surface area contributed by atoms with E-state index < -0.39 is 0 Å². The number of pyridine rings is 1. The fourth-order valence-electron chi connectivity index (χ4n) is 2.81. The summed E-state index contributed by atoms with van der Waals surface area (Å²) in [4.78, 5) is 4.47. The second kappa shape index (κ2) is 6.71. The van der Waals surface area contributed by atoms with Crippen molar-refractivity contribution in [1.29, 1.82) is 0 Å². The van der Waals surface area contributed by atoms with E-state index in [1.54, 1.807) is 0 Å². The third kappa shape index (κ3) is 3.10. The Kier molecular flexibility index (Phi) is 4.96. The lowest BCUT2D eigenvalue weighted by Crippen LogP contribution is -2.15. The van der Waals surface area contributed by atoms with Gasteiger partial charge in [0.05, 0.1) is 5.69 Å². The first-order valence-electron chi connectivity index (χ1n) is 7.46. The van der Waals surface area contributed by atoms with Gasteiger partial charge in [0, 0.05) is 37.2 Å². The lowest BCUT2D eigenvalue weighted by Gasteiger charge is -2.09. The highest BCUT2D eigenvalue weighted by Gasteiger charge is 2.07. The summed E-state index contributed by atoms with van der Waals surface area (Å²) in [5, 5.41) is 3.52. The number of nitrogens with one attached hydrogen (secondary N) is 1. The van der Waals surface area contributed by atoms with E-state index in [0.717, 1.165) is 26.1 Å². The number of rotatable bonds is 6. The Bertz CT molecular complexity index is 570. The molecule has 0 aromatic carbocycles. The lowest BCUT2D eigenvalue weighted by atomic mass is 10.1. The maximum atomic E-state index is 4.47. The Labute approximate surface area is 122 Å². The minimum atomic E-state index is 0.833. The first-order chi connectivity index (χ1) is 9.67. The molecule has 1 N–H and O–H groups in total. The van der Waals surface area contributed by atoms with E-state index in [1.807, 2.05) is 12.3 Å². The summed E-state index contributed by atoms with van der Waals surface area (Å²) < 4.78 is 2.36. The highest BCUT2D eigenvalue weighted by Crippen LogP contribution is 2.15. The number of aromatic nitrogens is 2. The Morgan fingerprint density at radius 2 is 1.95 bits per heavy atom. The van der Waals surface area contributed by atoms with Gasteiger partial charge in [-0.15, -0.1) is 0 Å². The first kappa shape index (κ1) is 14.8. The molecule has 2 heterocycles. The molecule has 3 heteroatoms. The number of hydrogen-bond acceptors (Lipinski definition) is 2. The molecule has 0 bridgehead atoms. The van der Waals surface area contributed by atoms with Crippen molar-refractivity contribution < 1.29 is 0 Å². The van der Waals surface area contributed by atoms with Crippen LogP contribution in [-0.2, 0) is 26.1 Å². The fraction of sp³-hybridized carbons (Fsp3) is 0.471. The number of hydrogen-bond donors (Lipinski definition) is 1. The fourth-order valence-corrected chi connectivity index (χ4v) is 2.81. The van der Waals surface area contributed by atoms with Crippen LogP contribution in [0.15, 0.2) is 24.4 Å². The molecule has 2 aromatic rings. The molecule has 108 valence electrons. The maximum absolute atomic E-state index is 4.47. The molecule has 0 fully saturated rings. The van der Waals surface area contributed by atoms with Crippen molar-refractivity contribution in [3.8, 4) is 0 Å². The van der Waals surface area contributed by atoms with E-state index in [9.17, 15) is 0 Å². The Morgan fingerprint density at radius 3 is 2.60 bits per heavy atom. The van der Waals surface area contributed by atoms with Gasteiger partial charge in [-0.3, -0.25) is 4.98 Å². The van der Waals surface area contributed by atoms with Crippen LogP contribution in [0.5, 0.6) is 0 Å². The lowest BCUT2D eigenvalue weighted by molar-refractivity contribution is 0.661. The highest BCUT2D eigenvalue weighted by molar-refractivity contribution is 5.27. The SMILES string of the molecule is CCc1cccnc1CNCc1cc(C)n(CC)c1C. The number of aryl methyl sites for hydroxylation is 2. The molecule has 0 saturated heterocycles. The topological polar surface area (TPSA) is 29.9 Å². The molecule has 20 heavy (non-hydrogen) atoms. The number of nitrogens with zero attached hydrogens (tertiary/aromatic N) is 2. The van der Waals surface area contributed by atoms with Crippen molar-refractivity contribution in [1.82, 2.24) is 14.9 Å². The van der Waals surface area contributed by atoms with Crippen LogP contribution in [0.25, 0.3) is 0 Å². The van der Waals surface area contributed by atoms with Crippen LogP contribution in [0.4, 0.5) is 0 Å². The molecular formula is C17H25N3. The van der Waals surface area contributed by atoms with Crippen molar-refractivity contribution in [2.45, 2.75) is 53.8 Å². The molecule has 0 aliphatic heterocycles. The standard InChI is InChI=1S/C17H25N3/c1-5-15-8-7-9-19-17(15)12-18-11-16-10-13(3)20(6-2)14(16)4/h7-10,18H,5-6,11-12H2,1-4H3. The van der Waals surface area contributed by atoms with Gasteiger partial charge in [0.15, 0.2) is 0 Å². The molecule has 0 spiro atoms. The Morgan fingerprint density at radius 1 is 1.15 bits per heavy atom. The maximum Gasteiger partial charge on any atom is 0.0573 e. The summed E-state index contributed by atoms with van der Waals surface area (Å²) in [6, 6.07) is 6.45. The average Bonchev–Trinajstić information content (AvgIpc) is 2.73. The van der Waals surface area contributed by atoms with E-state index in [4.69, 9.17) is 0 Å². The van der Waals surface area contributed by atoms with Crippen molar-refractivity contribution in [2.24, 2.45) is 0 Å². The molecule has 0 aliphatic carbocycles. The van der Waals surface area contributed by atoms with Gasteiger partial charge in [-0.1, -0.05) is 13.0 Å².